The summed E-state index contributed by atoms with van der Waals surface area (Å²) < 4.78 is 5.58. The van der Waals surface area contributed by atoms with E-state index in [1.807, 2.05) is 6.07 Å². The maximum atomic E-state index is 11.6. The lowest BCUT2D eigenvalue weighted by atomic mass is 10.1. The van der Waals surface area contributed by atoms with E-state index in [4.69, 9.17) is 4.74 Å². The number of ketones is 1. The molecule has 20 heavy (non-hydrogen) atoms. The third kappa shape index (κ3) is 2.14. The first kappa shape index (κ1) is 12.3. The summed E-state index contributed by atoms with van der Waals surface area (Å²) in [4.78, 5) is 22.3. The number of para-hydroxylation sites is 1. The zero-order chi connectivity index (χ0) is 14.1. The quantitative estimate of drug-likeness (QED) is 0.631. The lowest BCUT2D eigenvalue weighted by molar-refractivity contribution is -0.385. The first-order chi connectivity index (χ1) is 9.65. The minimum atomic E-state index is -0.524. The summed E-state index contributed by atoms with van der Waals surface area (Å²) in [6, 6.07) is 11.8. The van der Waals surface area contributed by atoms with E-state index >= 15 is 0 Å². The van der Waals surface area contributed by atoms with Crippen LogP contribution in [0, 0.1) is 10.1 Å². The molecule has 0 saturated carbocycles. The molecular formula is C15H11NO4. The smallest absolute Gasteiger partial charge is 0.312 e. The van der Waals surface area contributed by atoms with Crippen molar-refractivity contribution in [2.75, 3.05) is 0 Å². The highest BCUT2D eigenvalue weighted by Gasteiger charge is 2.26. The predicted octanol–water partition coefficient (Wildman–Crippen LogP) is 3.52. The second-order valence-corrected chi connectivity index (χ2v) is 4.57. The third-order valence-corrected chi connectivity index (χ3v) is 3.27. The molecule has 0 spiro atoms. The Morgan fingerprint density at radius 2 is 1.85 bits per heavy atom. The number of fused-ring (bicyclic) bond motifs is 1. The van der Waals surface area contributed by atoms with Crippen molar-refractivity contribution in [3.63, 3.8) is 0 Å². The molecule has 0 N–H and O–H groups in total. The molecule has 1 aliphatic carbocycles. The Morgan fingerprint density at radius 3 is 2.55 bits per heavy atom. The van der Waals surface area contributed by atoms with Crippen molar-refractivity contribution in [3.8, 4) is 11.5 Å². The van der Waals surface area contributed by atoms with Crippen molar-refractivity contribution in [2.45, 2.75) is 12.8 Å². The van der Waals surface area contributed by atoms with Crippen LogP contribution < -0.4 is 4.74 Å². The topological polar surface area (TPSA) is 69.4 Å². The molecule has 0 heterocycles. The van der Waals surface area contributed by atoms with Gasteiger partial charge in [-0.3, -0.25) is 14.9 Å². The predicted molar refractivity (Wildman–Crippen MR) is 72.3 cm³/mol. The summed E-state index contributed by atoms with van der Waals surface area (Å²) in [7, 11) is 0. The summed E-state index contributed by atoms with van der Waals surface area (Å²) in [5.74, 6) is 0.656. The Labute approximate surface area is 115 Å². The molecule has 0 radical (unpaired) electrons. The Bertz CT molecular complexity index is 695. The highest BCUT2D eigenvalue weighted by atomic mass is 16.6. The fraction of sp³-hybridized carbons (Fsp3) is 0.133. The van der Waals surface area contributed by atoms with Gasteiger partial charge in [-0.1, -0.05) is 18.2 Å². The molecule has 2 aromatic rings. The molecule has 3 rings (SSSR count). The lowest BCUT2D eigenvalue weighted by Crippen LogP contribution is -1.98. The number of benzene rings is 2. The summed E-state index contributed by atoms with van der Waals surface area (Å²) >= 11 is 0. The fourth-order valence-electron chi connectivity index (χ4n) is 2.30. The number of rotatable bonds is 3. The van der Waals surface area contributed by atoms with E-state index in [-0.39, 0.29) is 17.2 Å². The third-order valence-electron chi connectivity index (χ3n) is 3.27. The maximum absolute atomic E-state index is 11.6. The SMILES string of the molecule is O=C1CCc2cc(Oc3ccccc3)c([N+](=O)[O-])cc21. The average Bonchev–Trinajstić information content (AvgIpc) is 2.80. The minimum Gasteiger partial charge on any atom is -0.450 e. The molecule has 0 unspecified atom stereocenters. The highest BCUT2D eigenvalue weighted by Crippen LogP contribution is 2.37. The van der Waals surface area contributed by atoms with Gasteiger partial charge < -0.3 is 4.74 Å². The summed E-state index contributed by atoms with van der Waals surface area (Å²) in [5, 5.41) is 11.1. The van der Waals surface area contributed by atoms with E-state index in [0.29, 0.717) is 24.2 Å². The number of hydrogen-bond donors (Lipinski definition) is 0. The largest absolute Gasteiger partial charge is 0.450 e. The maximum Gasteiger partial charge on any atom is 0.312 e. The van der Waals surface area contributed by atoms with Crippen molar-refractivity contribution < 1.29 is 14.5 Å². The number of aryl methyl sites for hydroxylation is 1. The van der Waals surface area contributed by atoms with Crippen LogP contribution >= 0.6 is 0 Å². The molecule has 0 aromatic heterocycles. The highest BCUT2D eigenvalue weighted by molar-refractivity contribution is 6.01. The normalized spacial score (nSPS) is 13.1. The van der Waals surface area contributed by atoms with Crippen LogP contribution in [0.2, 0.25) is 0 Å². The minimum absolute atomic E-state index is 0.0469. The molecule has 0 saturated heterocycles. The Balaban J connectivity index is 2.06. The Hall–Kier alpha value is -2.69. The zero-order valence-electron chi connectivity index (χ0n) is 10.5. The molecule has 5 heteroatoms. The van der Waals surface area contributed by atoms with Gasteiger partial charge in [0.25, 0.3) is 0 Å². The molecule has 0 amide bonds. The first-order valence-electron chi connectivity index (χ1n) is 6.22. The van der Waals surface area contributed by atoms with Gasteiger partial charge in [0.2, 0.25) is 5.75 Å². The van der Waals surface area contributed by atoms with Crippen LogP contribution in [0.15, 0.2) is 42.5 Å². The van der Waals surface area contributed by atoms with E-state index in [1.54, 1.807) is 30.3 Å². The van der Waals surface area contributed by atoms with Gasteiger partial charge >= 0.3 is 5.69 Å². The van der Waals surface area contributed by atoms with Crippen molar-refractivity contribution in [3.05, 3.63) is 63.7 Å². The summed E-state index contributed by atoms with van der Waals surface area (Å²) in [6.07, 6.45) is 1.01. The van der Waals surface area contributed by atoms with Gasteiger partial charge in [0, 0.05) is 18.1 Å². The van der Waals surface area contributed by atoms with E-state index in [9.17, 15) is 14.9 Å². The molecule has 1 aliphatic rings. The summed E-state index contributed by atoms with van der Waals surface area (Å²) in [6.45, 7) is 0. The van der Waals surface area contributed by atoms with Crippen molar-refractivity contribution in [1.29, 1.82) is 0 Å². The second kappa shape index (κ2) is 4.77. The van der Waals surface area contributed by atoms with Crippen LogP contribution in [0.3, 0.4) is 0 Å². The van der Waals surface area contributed by atoms with Crippen LogP contribution in [0.1, 0.15) is 22.3 Å². The number of hydrogen-bond acceptors (Lipinski definition) is 4. The molecule has 2 aromatic carbocycles. The first-order valence-corrected chi connectivity index (χ1v) is 6.22. The molecule has 0 fully saturated rings. The van der Waals surface area contributed by atoms with E-state index in [1.165, 1.54) is 6.07 Å². The Kier molecular flexibility index (Phi) is 2.95. The number of ether oxygens (including phenoxy) is 1. The van der Waals surface area contributed by atoms with Gasteiger partial charge in [-0.2, -0.15) is 0 Å². The van der Waals surface area contributed by atoms with Gasteiger partial charge in [-0.15, -0.1) is 0 Å². The van der Waals surface area contributed by atoms with E-state index in [2.05, 4.69) is 0 Å². The number of nitro groups is 1. The zero-order valence-corrected chi connectivity index (χ0v) is 10.5. The fourth-order valence-corrected chi connectivity index (χ4v) is 2.30. The van der Waals surface area contributed by atoms with Gasteiger partial charge in [-0.05, 0) is 30.2 Å². The number of Topliss-reactive ketones (excluding diaryl/α,β-unsaturated/α-hetero) is 1. The average molecular weight is 269 g/mol. The van der Waals surface area contributed by atoms with Gasteiger partial charge in [0.15, 0.2) is 5.78 Å². The number of carbonyl (C=O) groups is 1. The molecule has 0 atom stereocenters. The van der Waals surface area contributed by atoms with E-state index in [0.717, 1.165) is 5.56 Å². The van der Waals surface area contributed by atoms with Gasteiger partial charge in [0.1, 0.15) is 5.75 Å². The molecular weight excluding hydrogens is 258 g/mol. The Morgan fingerprint density at radius 1 is 1.10 bits per heavy atom. The van der Waals surface area contributed by atoms with Crippen molar-refractivity contribution in [1.82, 2.24) is 0 Å². The van der Waals surface area contributed by atoms with Gasteiger partial charge in [-0.25, -0.2) is 0 Å². The molecule has 5 nitrogen and oxygen atoms in total. The number of carbonyl (C=O) groups excluding carboxylic acids is 1. The van der Waals surface area contributed by atoms with Crippen LogP contribution in [0.25, 0.3) is 0 Å². The van der Waals surface area contributed by atoms with Crippen LogP contribution in [0.5, 0.6) is 11.5 Å². The van der Waals surface area contributed by atoms with Gasteiger partial charge in [0.05, 0.1) is 4.92 Å². The second-order valence-electron chi connectivity index (χ2n) is 4.57. The van der Waals surface area contributed by atoms with Crippen LogP contribution in [-0.4, -0.2) is 10.7 Å². The number of nitrogens with zero attached hydrogens (tertiary/aromatic N) is 1. The molecule has 100 valence electrons. The van der Waals surface area contributed by atoms with Crippen molar-refractivity contribution >= 4 is 11.5 Å². The summed E-state index contributed by atoms with van der Waals surface area (Å²) in [5.41, 5.74) is 1.08. The van der Waals surface area contributed by atoms with E-state index < -0.39 is 4.92 Å². The van der Waals surface area contributed by atoms with Crippen LogP contribution in [0.4, 0.5) is 5.69 Å². The molecule has 0 aliphatic heterocycles. The van der Waals surface area contributed by atoms with Crippen molar-refractivity contribution in [2.24, 2.45) is 0 Å². The van der Waals surface area contributed by atoms with Crippen LogP contribution in [-0.2, 0) is 6.42 Å². The monoisotopic (exact) mass is 269 g/mol. The molecule has 0 bridgehead atoms. The standard InChI is InChI=1S/C15H11NO4/c17-14-7-6-10-8-15(13(16(18)19)9-12(10)14)20-11-4-2-1-3-5-11/h1-5,8-9H,6-7H2. The lowest BCUT2D eigenvalue weighted by Gasteiger charge is -2.08. The number of nitro benzene ring substituents is 1.